The molecule has 2 aromatic rings. The van der Waals surface area contributed by atoms with Crippen molar-refractivity contribution < 1.29 is 18.9 Å². The molecular formula is C19H26N4O4. The van der Waals surface area contributed by atoms with Gasteiger partial charge in [-0.05, 0) is 31.0 Å². The Morgan fingerprint density at radius 3 is 2.48 bits per heavy atom. The van der Waals surface area contributed by atoms with E-state index < -0.39 is 0 Å². The maximum atomic E-state index is 12.5. The van der Waals surface area contributed by atoms with Crippen molar-refractivity contribution in [3.05, 3.63) is 35.2 Å². The van der Waals surface area contributed by atoms with E-state index in [0.29, 0.717) is 30.9 Å². The van der Waals surface area contributed by atoms with Gasteiger partial charge in [-0.25, -0.2) is 4.63 Å². The Labute approximate surface area is 159 Å². The minimum atomic E-state index is 0.184. The number of nitrogens with zero attached hydrogens (tertiary/aromatic N) is 4. The van der Waals surface area contributed by atoms with Gasteiger partial charge in [0.15, 0.2) is 11.5 Å². The molecule has 1 aliphatic heterocycles. The highest BCUT2D eigenvalue weighted by molar-refractivity contribution is 5.76. The number of benzene rings is 1. The average molecular weight is 374 g/mol. The fourth-order valence-corrected chi connectivity index (χ4v) is 3.21. The Morgan fingerprint density at radius 2 is 1.85 bits per heavy atom. The second-order valence-corrected chi connectivity index (χ2v) is 6.64. The smallest absolute Gasteiger partial charge is 0.222 e. The van der Waals surface area contributed by atoms with Crippen LogP contribution in [0.25, 0.3) is 0 Å². The van der Waals surface area contributed by atoms with E-state index in [0.717, 1.165) is 43.1 Å². The standard InChI is InChI=1S/C19H26N4O4/c1-14-16(21-27-20-14)13-22-8-10-23(11-9-22)19(24)7-5-15-4-6-17(25-2)18(12-15)26-3/h4,6,12H,5,7-11,13H2,1-3H3. The Balaban J connectivity index is 1.46. The van der Waals surface area contributed by atoms with Crippen LogP contribution in [0.1, 0.15) is 23.4 Å². The predicted molar refractivity (Wildman–Crippen MR) is 98.8 cm³/mol. The lowest BCUT2D eigenvalue weighted by atomic mass is 10.1. The molecule has 3 rings (SSSR count). The minimum absolute atomic E-state index is 0.184. The number of hydrogen-bond donors (Lipinski definition) is 0. The van der Waals surface area contributed by atoms with Crippen molar-refractivity contribution in [2.75, 3.05) is 40.4 Å². The van der Waals surface area contributed by atoms with E-state index in [1.165, 1.54) is 0 Å². The summed E-state index contributed by atoms with van der Waals surface area (Å²) >= 11 is 0. The van der Waals surface area contributed by atoms with Crippen LogP contribution in [0.15, 0.2) is 22.8 Å². The molecule has 1 saturated heterocycles. The predicted octanol–water partition coefficient (Wildman–Crippen LogP) is 1.67. The number of carbonyl (C=O) groups excluding carboxylic acids is 1. The highest BCUT2D eigenvalue weighted by Crippen LogP contribution is 2.28. The van der Waals surface area contributed by atoms with Gasteiger partial charge in [0.05, 0.1) is 14.2 Å². The topological polar surface area (TPSA) is 80.9 Å². The van der Waals surface area contributed by atoms with Gasteiger partial charge < -0.3 is 14.4 Å². The maximum Gasteiger partial charge on any atom is 0.222 e. The quantitative estimate of drug-likeness (QED) is 0.729. The summed E-state index contributed by atoms with van der Waals surface area (Å²) in [6.07, 6.45) is 1.17. The van der Waals surface area contributed by atoms with Crippen molar-refractivity contribution in [2.24, 2.45) is 0 Å². The fraction of sp³-hybridized carbons (Fsp3) is 0.526. The molecule has 0 N–H and O–H groups in total. The first-order valence-corrected chi connectivity index (χ1v) is 9.09. The summed E-state index contributed by atoms with van der Waals surface area (Å²) in [5, 5.41) is 7.73. The first-order valence-electron chi connectivity index (χ1n) is 9.09. The number of aromatic nitrogens is 2. The molecule has 1 aliphatic rings. The minimum Gasteiger partial charge on any atom is -0.493 e. The highest BCUT2D eigenvalue weighted by Gasteiger charge is 2.22. The second kappa shape index (κ2) is 8.85. The summed E-state index contributed by atoms with van der Waals surface area (Å²) in [5.41, 5.74) is 2.75. The van der Waals surface area contributed by atoms with Crippen LogP contribution in [-0.4, -0.2) is 66.4 Å². The molecule has 0 radical (unpaired) electrons. The van der Waals surface area contributed by atoms with E-state index in [9.17, 15) is 4.79 Å². The van der Waals surface area contributed by atoms with Crippen LogP contribution in [0, 0.1) is 6.92 Å². The van der Waals surface area contributed by atoms with E-state index in [-0.39, 0.29) is 5.91 Å². The van der Waals surface area contributed by atoms with Gasteiger partial charge in [-0.15, -0.1) is 0 Å². The van der Waals surface area contributed by atoms with Crippen LogP contribution in [0.5, 0.6) is 11.5 Å². The normalized spacial score (nSPS) is 15.0. The molecule has 0 unspecified atom stereocenters. The second-order valence-electron chi connectivity index (χ2n) is 6.64. The average Bonchev–Trinajstić information content (AvgIpc) is 3.10. The number of aryl methyl sites for hydroxylation is 2. The first-order chi connectivity index (χ1) is 13.1. The van der Waals surface area contributed by atoms with Gasteiger partial charge in [0.25, 0.3) is 0 Å². The largest absolute Gasteiger partial charge is 0.493 e. The zero-order valence-corrected chi connectivity index (χ0v) is 16.1. The lowest BCUT2D eigenvalue weighted by Crippen LogP contribution is -2.48. The third-order valence-electron chi connectivity index (χ3n) is 4.92. The highest BCUT2D eigenvalue weighted by atomic mass is 16.6. The zero-order valence-electron chi connectivity index (χ0n) is 16.1. The van der Waals surface area contributed by atoms with Gasteiger partial charge >= 0.3 is 0 Å². The molecule has 8 heteroatoms. The van der Waals surface area contributed by atoms with Crippen LogP contribution in [0.3, 0.4) is 0 Å². The SMILES string of the molecule is COc1ccc(CCC(=O)N2CCN(Cc3nonc3C)CC2)cc1OC. The summed E-state index contributed by atoms with van der Waals surface area (Å²) in [6.45, 7) is 5.72. The van der Waals surface area contributed by atoms with Crippen LogP contribution in [0.2, 0.25) is 0 Å². The number of amides is 1. The molecule has 8 nitrogen and oxygen atoms in total. The van der Waals surface area contributed by atoms with E-state index in [4.69, 9.17) is 14.1 Å². The molecule has 0 bridgehead atoms. The number of carbonyl (C=O) groups is 1. The summed E-state index contributed by atoms with van der Waals surface area (Å²) < 4.78 is 15.3. The third kappa shape index (κ3) is 4.77. The van der Waals surface area contributed by atoms with Gasteiger partial charge in [0, 0.05) is 39.1 Å². The molecule has 0 atom stereocenters. The molecule has 0 saturated carbocycles. The van der Waals surface area contributed by atoms with E-state index in [2.05, 4.69) is 15.2 Å². The van der Waals surface area contributed by atoms with Crippen molar-refractivity contribution in [1.82, 2.24) is 20.1 Å². The van der Waals surface area contributed by atoms with Crippen molar-refractivity contribution in [3.8, 4) is 11.5 Å². The number of rotatable bonds is 7. The van der Waals surface area contributed by atoms with Crippen LogP contribution < -0.4 is 9.47 Å². The molecule has 146 valence electrons. The Hall–Kier alpha value is -2.61. The summed E-state index contributed by atoms with van der Waals surface area (Å²) in [5.74, 6) is 1.57. The number of methoxy groups -OCH3 is 2. The number of hydrogen-bond acceptors (Lipinski definition) is 7. The molecule has 0 spiro atoms. The van der Waals surface area contributed by atoms with Crippen molar-refractivity contribution in [1.29, 1.82) is 0 Å². The van der Waals surface area contributed by atoms with Crippen molar-refractivity contribution in [2.45, 2.75) is 26.3 Å². The fourth-order valence-electron chi connectivity index (χ4n) is 3.21. The monoisotopic (exact) mass is 374 g/mol. The van der Waals surface area contributed by atoms with Gasteiger partial charge in [-0.3, -0.25) is 9.69 Å². The Bertz CT molecular complexity index is 769. The Morgan fingerprint density at radius 1 is 1.11 bits per heavy atom. The van der Waals surface area contributed by atoms with Crippen LogP contribution in [0.4, 0.5) is 0 Å². The molecule has 1 amide bonds. The molecule has 1 aromatic heterocycles. The first kappa shape index (κ1) is 19.2. The Kier molecular flexibility index (Phi) is 6.28. The van der Waals surface area contributed by atoms with E-state index in [1.54, 1.807) is 14.2 Å². The molecule has 27 heavy (non-hydrogen) atoms. The van der Waals surface area contributed by atoms with Gasteiger partial charge in [-0.2, -0.15) is 0 Å². The maximum absolute atomic E-state index is 12.5. The number of ether oxygens (including phenoxy) is 2. The third-order valence-corrected chi connectivity index (χ3v) is 4.92. The lowest BCUT2D eigenvalue weighted by Gasteiger charge is -2.34. The van der Waals surface area contributed by atoms with Gasteiger partial charge in [-0.1, -0.05) is 16.4 Å². The van der Waals surface area contributed by atoms with Gasteiger partial charge in [0.2, 0.25) is 5.91 Å². The van der Waals surface area contributed by atoms with Crippen molar-refractivity contribution in [3.63, 3.8) is 0 Å². The molecule has 2 heterocycles. The van der Waals surface area contributed by atoms with Crippen LogP contribution >= 0.6 is 0 Å². The summed E-state index contributed by atoms with van der Waals surface area (Å²) in [4.78, 5) is 16.7. The molecule has 1 aromatic carbocycles. The lowest BCUT2D eigenvalue weighted by molar-refractivity contribution is -0.133. The zero-order chi connectivity index (χ0) is 19.2. The molecular weight excluding hydrogens is 348 g/mol. The molecule has 1 fully saturated rings. The van der Waals surface area contributed by atoms with E-state index in [1.807, 2.05) is 30.0 Å². The molecule has 0 aliphatic carbocycles. The summed E-state index contributed by atoms with van der Waals surface area (Å²) in [6, 6.07) is 5.78. The summed E-state index contributed by atoms with van der Waals surface area (Å²) in [7, 11) is 3.23. The van der Waals surface area contributed by atoms with Crippen molar-refractivity contribution >= 4 is 5.91 Å². The van der Waals surface area contributed by atoms with Gasteiger partial charge in [0.1, 0.15) is 11.4 Å². The van der Waals surface area contributed by atoms with Crippen LogP contribution in [-0.2, 0) is 17.8 Å². The number of piperazine rings is 1. The van der Waals surface area contributed by atoms with E-state index >= 15 is 0 Å².